The third kappa shape index (κ3) is 7.78. The molecule has 4 N–H and O–H groups in total. The summed E-state index contributed by atoms with van der Waals surface area (Å²) >= 11 is 0. The molecule has 0 heterocycles. The summed E-state index contributed by atoms with van der Waals surface area (Å²) in [6, 6.07) is 35.8. The highest BCUT2D eigenvalue weighted by Gasteiger charge is 2.17. The van der Waals surface area contributed by atoms with Crippen molar-refractivity contribution in [1.82, 2.24) is 0 Å². The van der Waals surface area contributed by atoms with E-state index in [0.717, 1.165) is 24.2 Å². The smallest absolute Gasteiger partial charge is 0.0314 e. The zero-order chi connectivity index (χ0) is 28.3. The Labute approximate surface area is 242 Å². The molecule has 0 amide bonds. The van der Waals surface area contributed by atoms with E-state index in [0.29, 0.717) is 17.8 Å². The highest BCUT2D eigenvalue weighted by molar-refractivity contribution is 5.44. The van der Waals surface area contributed by atoms with Gasteiger partial charge >= 0.3 is 0 Å². The van der Waals surface area contributed by atoms with E-state index in [1.54, 1.807) is 0 Å². The Morgan fingerprint density at radius 1 is 0.475 bits per heavy atom. The number of hydrogen-bond acceptors (Lipinski definition) is 2. The lowest BCUT2D eigenvalue weighted by Gasteiger charge is -2.21. The number of nitrogens with two attached hydrogens (primary N) is 2. The monoisotopic (exact) mass is 532 g/mol. The number of rotatable bonds is 14. The van der Waals surface area contributed by atoms with Crippen molar-refractivity contribution in [2.24, 2.45) is 0 Å². The summed E-state index contributed by atoms with van der Waals surface area (Å²) in [6.45, 7) is 6.85. The van der Waals surface area contributed by atoms with Crippen LogP contribution < -0.4 is 11.5 Å². The molecule has 0 aromatic heterocycles. The molecule has 0 bridgehead atoms. The van der Waals surface area contributed by atoms with Crippen LogP contribution in [0.5, 0.6) is 0 Å². The lowest BCUT2D eigenvalue weighted by atomic mass is 9.83. The van der Waals surface area contributed by atoms with Gasteiger partial charge in [-0.15, -0.1) is 0 Å². The first-order chi connectivity index (χ1) is 19.5. The maximum atomic E-state index is 5.97. The number of anilines is 2. The largest absolute Gasteiger partial charge is 0.399 e. The van der Waals surface area contributed by atoms with Gasteiger partial charge in [-0.3, -0.25) is 0 Å². The van der Waals surface area contributed by atoms with E-state index >= 15 is 0 Å². The zero-order valence-corrected chi connectivity index (χ0v) is 24.8. The highest BCUT2D eigenvalue weighted by Crippen LogP contribution is 2.34. The van der Waals surface area contributed by atoms with E-state index in [9.17, 15) is 0 Å². The Morgan fingerprint density at radius 2 is 0.825 bits per heavy atom. The molecule has 4 aromatic carbocycles. The molecule has 0 fully saturated rings. The standard InChI is InChI=1S/C38H48N2/c1-4-7-9-37(33-19-23-35(39)24-20-33)31-13-11-28(12-14-31)27-29(6-3)30-15-17-32(18-16-30)38(10-8-5-2)34-21-25-36(40)26-22-34/h11-26,29,37-38H,4-10,27,39-40H2,1-3H3. The minimum Gasteiger partial charge on any atom is -0.399 e. The molecule has 0 aliphatic rings. The zero-order valence-electron chi connectivity index (χ0n) is 24.8. The second-order valence-electron chi connectivity index (χ2n) is 11.4. The SMILES string of the molecule is CCCCC(c1ccc(N)cc1)c1ccc(CC(CC)c2ccc(C(CCCC)c3ccc(N)cc3)cc2)cc1. The molecule has 0 spiro atoms. The Balaban J connectivity index is 1.48. The van der Waals surface area contributed by atoms with Gasteiger partial charge in [-0.25, -0.2) is 0 Å². The van der Waals surface area contributed by atoms with Crippen LogP contribution in [0.15, 0.2) is 97.1 Å². The molecule has 210 valence electrons. The summed E-state index contributed by atoms with van der Waals surface area (Å²) in [6.07, 6.45) is 9.39. The van der Waals surface area contributed by atoms with Crippen LogP contribution in [0.4, 0.5) is 11.4 Å². The van der Waals surface area contributed by atoms with Crippen LogP contribution in [0, 0.1) is 0 Å². The van der Waals surface area contributed by atoms with Crippen molar-refractivity contribution in [1.29, 1.82) is 0 Å². The first kappa shape index (κ1) is 29.5. The predicted molar refractivity (Wildman–Crippen MR) is 174 cm³/mol. The summed E-state index contributed by atoms with van der Waals surface area (Å²) in [4.78, 5) is 0. The Morgan fingerprint density at radius 3 is 1.20 bits per heavy atom. The summed E-state index contributed by atoms with van der Waals surface area (Å²) < 4.78 is 0. The molecule has 0 aliphatic heterocycles. The predicted octanol–water partition coefficient (Wildman–Crippen LogP) is 10.2. The molecule has 4 aromatic rings. The molecule has 3 unspecified atom stereocenters. The average molecular weight is 533 g/mol. The van der Waals surface area contributed by atoms with Crippen molar-refractivity contribution in [2.45, 2.75) is 89.9 Å². The molecule has 2 heteroatoms. The first-order valence-corrected chi connectivity index (χ1v) is 15.4. The minimum atomic E-state index is 0.420. The van der Waals surface area contributed by atoms with Gasteiger partial charge in [0.25, 0.3) is 0 Å². The molecule has 0 saturated heterocycles. The summed E-state index contributed by atoms with van der Waals surface area (Å²) in [5, 5.41) is 0. The first-order valence-electron chi connectivity index (χ1n) is 15.4. The maximum Gasteiger partial charge on any atom is 0.0314 e. The van der Waals surface area contributed by atoms with Crippen LogP contribution >= 0.6 is 0 Å². The van der Waals surface area contributed by atoms with Crippen LogP contribution in [0.3, 0.4) is 0 Å². The van der Waals surface area contributed by atoms with E-state index in [1.807, 2.05) is 24.3 Å². The van der Waals surface area contributed by atoms with Gasteiger partial charge in [0.2, 0.25) is 0 Å². The van der Waals surface area contributed by atoms with Crippen LogP contribution in [-0.4, -0.2) is 0 Å². The van der Waals surface area contributed by atoms with Gasteiger partial charge in [-0.05, 0) is 89.2 Å². The lowest BCUT2D eigenvalue weighted by molar-refractivity contribution is 0.643. The lowest BCUT2D eigenvalue weighted by Crippen LogP contribution is -2.05. The highest BCUT2D eigenvalue weighted by atomic mass is 14.5. The molecule has 2 nitrogen and oxygen atoms in total. The number of unbranched alkanes of at least 4 members (excludes halogenated alkanes) is 2. The number of hydrogen-bond donors (Lipinski definition) is 2. The Hall–Kier alpha value is -3.52. The van der Waals surface area contributed by atoms with E-state index < -0.39 is 0 Å². The van der Waals surface area contributed by atoms with Gasteiger partial charge in [-0.1, -0.05) is 119 Å². The summed E-state index contributed by atoms with van der Waals surface area (Å²) in [7, 11) is 0. The maximum absolute atomic E-state index is 5.97. The molecule has 3 atom stereocenters. The van der Waals surface area contributed by atoms with Gasteiger partial charge in [0.1, 0.15) is 0 Å². The van der Waals surface area contributed by atoms with E-state index in [1.165, 1.54) is 71.9 Å². The van der Waals surface area contributed by atoms with Gasteiger partial charge in [0.15, 0.2) is 0 Å². The number of benzene rings is 4. The minimum absolute atomic E-state index is 0.420. The van der Waals surface area contributed by atoms with Gasteiger partial charge < -0.3 is 11.5 Å². The summed E-state index contributed by atoms with van der Waals surface area (Å²) in [5.41, 5.74) is 22.0. The fourth-order valence-electron chi connectivity index (χ4n) is 5.99. The van der Waals surface area contributed by atoms with Crippen molar-refractivity contribution in [2.75, 3.05) is 11.5 Å². The fourth-order valence-corrected chi connectivity index (χ4v) is 5.99. The summed E-state index contributed by atoms with van der Waals surface area (Å²) in [5.74, 6) is 1.35. The molecule has 4 rings (SSSR count). The second kappa shape index (κ2) is 14.7. The molecule has 0 aliphatic carbocycles. The van der Waals surface area contributed by atoms with Crippen molar-refractivity contribution >= 4 is 11.4 Å². The molecule has 40 heavy (non-hydrogen) atoms. The van der Waals surface area contributed by atoms with E-state index in [4.69, 9.17) is 11.5 Å². The van der Waals surface area contributed by atoms with Crippen molar-refractivity contribution in [3.8, 4) is 0 Å². The third-order valence-corrected chi connectivity index (χ3v) is 8.54. The van der Waals surface area contributed by atoms with Crippen LogP contribution in [0.2, 0.25) is 0 Å². The van der Waals surface area contributed by atoms with Gasteiger partial charge in [0.05, 0.1) is 0 Å². The molecule has 0 radical (unpaired) electrons. The average Bonchev–Trinajstić information content (AvgIpc) is 2.99. The van der Waals surface area contributed by atoms with Crippen molar-refractivity contribution in [3.05, 3.63) is 130 Å². The number of nitrogen functional groups attached to an aromatic ring is 2. The van der Waals surface area contributed by atoms with E-state index in [-0.39, 0.29) is 0 Å². The Bertz CT molecular complexity index is 1270. The third-order valence-electron chi connectivity index (χ3n) is 8.54. The molecular weight excluding hydrogens is 484 g/mol. The van der Waals surface area contributed by atoms with Crippen LogP contribution in [0.1, 0.15) is 117 Å². The fraction of sp³-hybridized carbons (Fsp3) is 0.368. The quantitative estimate of drug-likeness (QED) is 0.159. The van der Waals surface area contributed by atoms with Crippen molar-refractivity contribution < 1.29 is 0 Å². The van der Waals surface area contributed by atoms with Crippen molar-refractivity contribution in [3.63, 3.8) is 0 Å². The normalized spacial score (nSPS) is 13.6. The van der Waals surface area contributed by atoms with Gasteiger partial charge in [-0.2, -0.15) is 0 Å². The second-order valence-corrected chi connectivity index (χ2v) is 11.4. The molecule has 0 saturated carbocycles. The van der Waals surface area contributed by atoms with Crippen LogP contribution in [0.25, 0.3) is 0 Å². The van der Waals surface area contributed by atoms with E-state index in [2.05, 4.69) is 93.6 Å². The Kier molecular flexibility index (Phi) is 10.9. The van der Waals surface area contributed by atoms with Crippen LogP contribution in [-0.2, 0) is 6.42 Å². The molecular formula is C38H48N2. The van der Waals surface area contributed by atoms with Gasteiger partial charge in [0, 0.05) is 23.2 Å². The topological polar surface area (TPSA) is 52.0 Å².